The fourth-order valence-electron chi connectivity index (χ4n) is 1.03. The number of benzene rings is 1. The maximum absolute atomic E-state index is 11.0. The average molecular weight is 227 g/mol. The molecule has 0 spiro atoms. The zero-order valence-electron chi connectivity index (χ0n) is 8.00. The molecule has 0 aliphatic heterocycles. The number of hydrogen-bond donors (Lipinski definition) is 2. The first-order valence-corrected chi connectivity index (χ1v) is 4.80. The van der Waals surface area contributed by atoms with Crippen molar-refractivity contribution in [1.82, 2.24) is 10.6 Å². The largest absolute Gasteiger partial charge is 0.334 e. The number of nitrogens with one attached hydrogen (secondary N) is 2. The third-order valence-electron chi connectivity index (χ3n) is 1.69. The average Bonchev–Trinajstić information content (AvgIpc) is 2.23. The Kier molecular flexibility index (Phi) is 4.63. The van der Waals surface area contributed by atoms with Gasteiger partial charge in [-0.2, -0.15) is 0 Å². The molecule has 2 N–H and O–H groups in total. The van der Waals surface area contributed by atoms with Gasteiger partial charge in [0.05, 0.1) is 6.54 Å². The quantitative estimate of drug-likeness (QED) is 0.762. The van der Waals surface area contributed by atoms with Gasteiger partial charge < -0.3 is 15.4 Å². The summed E-state index contributed by atoms with van der Waals surface area (Å²) >= 11 is 5.77. The second-order valence-electron chi connectivity index (χ2n) is 2.86. The molecule has 5 heteroatoms. The van der Waals surface area contributed by atoms with Gasteiger partial charge in [0, 0.05) is 11.6 Å². The molecule has 0 aromatic heterocycles. The van der Waals surface area contributed by atoms with E-state index in [-0.39, 0.29) is 12.6 Å². The van der Waals surface area contributed by atoms with Gasteiger partial charge in [0.2, 0.25) is 0 Å². The minimum Gasteiger partial charge on any atom is -0.334 e. The van der Waals surface area contributed by atoms with Crippen LogP contribution in [0.15, 0.2) is 24.3 Å². The first-order chi connectivity index (χ1) is 7.22. The molecule has 0 unspecified atom stereocenters. The molecule has 15 heavy (non-hydrogen) atoms. The molecule has 0 fully saturated rings. The lowest BCUT2D eigenvalue weighted by Crippen LogP contribution is -2.35. The number of hydrogen-bond acceptors (Lipinski definition) is 2. The van der Waals surface area contributed by atoms with Gasteiger partial charge in [0.25, 0.3) is 0 Å². The first kappa shape index (κ1) is 11.5. The van der Waals surface area contributed by atoms with E-state index in [0.717, 1.165) is 5.56 Å². The van der Waals surface area contributed by atoms with E-state index in [1.165, 1.54) is 0 Å². The lowest BCUT2D eigenvalue weighted by Gasteiger charge is -2.05. The Morgan fingerprint density at radius 3 is 2.87 bits per heavy atom. The van der Waals surface area contributed by atoms with Crippen molar-refractivity contribution >= 4 is 23.9 Å². The van der Waals surface area contributed by atoms with Crippen LogP contribution in [0.5, 0.6) is 0 Å². The summed E-state index contributed by atoms with van der Waals surface area (Å²) in [6, 6.07) is 6.82. The third-order valence-corrected chi connectivity index (χ3v) is 1.92. The highest BCUT2D eigenvalue weighted by Gasteiger charge is 1.99. The molecular formula is C10H11ClN2O2. The topological polar surface area (TPSA) is 58.2 Å². The Morgan fingerprint density at radius 1 is 1.40 bits per heavy atom. The SMILES string of the molecule is O=CCNC(=O)NCc1cccc(Cl)c1. The van der Waals surface area contributed by atoms with Crippen LogP contribution in [0.4, 0.5) is 4.79 Å². The number of carbonyl (C=O) groups is 2. The summed E-state index contributed by atoms with van der Waals surface area (Å²) in [7, 11) is 0. The van der Waals surface area contributed by atoms with Crippen LogP contribution in [0.3, 0.4) is 0 Å². The van der Waals surface area contributed by atoms with Gasteiger partial charge in [-0.05, 0) is 17.7 Å². The fourth-order valence-corrected chi connectivity index (χ4v) is 1.24. The van der Waals surface area contributed by atoms with Gasteiger partial charge in [0.15, 0.2) is 0 Å². The number of aldehydes is 1. The highest BCUT2D eigenvalue weighted by molar-refractivity contribution is 6.30. The monoisotopic (exact) mass is 226 g/mol. The first-order valence-electron chi connectivity index (χ1n) is 4.42. The fraction of sp³-hybridized carbons (Fsp3) is 0.200. The van der Waals surface area contributed by atoms with Crippen molar-refractivity contribution in [2.24, 2.45) is 0 Å². The molecule has 0 saturated carbocycles. The van der Waals surface area contributed by atoms with E-state index in [1.807, 2.05) is 12.1 Å². The van der Waals surface area contributed by atoms with Crippen molar-refractivity contribution in [3.05, 3.63) is 34.9 Å². The van der Waals surface area contributed by atoms with Gasteiger partial charge in [-0.3, -0.25) is 0 Å². The van der Waals surface area contributed by atoms with Crippen molar-refractivity contribution in [1.29, 1.82) is 0 Å². The number of urea groups is 1. The minimum atomic E-state index is -0.373. The Balaban J connectivity index is 2.36. The second-order valence-corrected chi connectivity index (χ2v) is 3.30. The van der Waals surface area contributed by atoms with E-state index in [2.05, 4.69) is 10.6 Å². The summed E-state index contributed by atoms with van der Waals surface area (Å²) in [4.78, 5) is 21.0. The van der Waals surface area contributed by atoms with Crippen molar-refractivity contribution in [3.63, 3.8) is 0 Å². The van der Waals surface area contributed by atoms with Crippen LogP contribution in [0.25, 0.3) is 0 Å². The maximum atomic E-state index is 11.0. The van der Waals surface area contributed by atoms with Crippen molar-refractivity contribution in [3.8, 4) is 0 Å². The van der Waals surface area contributed by atoms with Crippen LogP contribution in [-0.4, -0.2) is 18.9 Å². The summed E-state index contributed by atoms with van der Waals surface area (Å²) < 4.78 is 0. The van der Waals surface area contributed by atoms with E-state index in [4.69, 9.17) is 11.6 Å². The highest BCUT2D eigenvalue weighted by atomic mass is 35.5. The zero-order chi connectivity index (χ0) is 11.1. The molecule has 80 valence electrons. The van der Waals surface area contributed by atoms with Gasteiger partial charge in [-0.1, -0.05) is 23.7 Å². The van der Waals surface area contributed by atoms with Crippen molar-refractivity contribution in [2.75, 3.05) is 6.54 Å². The Morgan fingerprint density at radius 2 is 2.20 bits per heavy atom. The molecule has 0 saturated heterocycles. The number of halogens is 1. The number of amides is 2. The Bertz CT molecular complexity index is 355. The van der Waals surface area contributed by atoms with Crippen LogP contribution in [-0.2, 0) is 11.3 Å². The summed E-state index contributed by atoms with van der Waals surface area (Å²) in [5.41, 5.74) is 0.906. The normalized spacial score (nSPS) is 9.40. The smallest absolute Gasteiger partial charge is 0.315 e. The molecular weight excluding hydrogens is 216 g/mol. The lowest BCUT2D eigenvalue weighted by molar-refractivity contribution is -0.107. The van der Waals surface area contributed by atoms with E-state index in [1.54, 1.807) is 12.1 Å². The molecule has 2 amide bonds. The number of rotatable bonds is 4. The summed E-state index contributed by atoms with van der Waals surface area (Å²) in [6.45, 7) is 0.395. The Hall–Kier alpha value is -1.55. The van der Waals surface area contributed by atoms with Crippen LogP contribution in [0.2, 0.25) is 5.02 Å². The minimum absolute atomic E-state index is 0.0153. The van der Waals surface area contributed by atoms with Crippen LogP contribution < -0.4 is 10.6 Å². The maximum Gasteiger partial charge on any atom is 0.315 e. The van der Waals surface area contributed by atoms with E-state index >= 15 is 0 Å². The molecule has 1 aromatic rings. The predicted octanol–water partition coefficient (Wildman–Crippen LogP) is 1.34. The van der Waals surface area contributed by atoms with Crippen LogP contribution in [0, 0.1) is 0 Å². The molecule has 0 bridgehead atoms. The van der Waals surface area contributed by atoms with Gasteiger partial charge in [0.1, 0.15) is 6.29 Å². The standard InChI is InChI=1S/C10H11ClN2O2/c11-9-3-1-2-8(6-9)7-13-10(15)12-4-5-14/h1-3,5-6H,4,7H2,(H2,12,13,15). The molecule has 0 radical (unpaired) electrons. The molecule has 4 nitrogen and oxygen atoms in total. The highest BCUT2D eigenvalue weighted by Crippen LogP contribution is 2.09. The lowest BCUT2D eigenvalue weighted by atomic mass is 10.2. The molecule has 0 aliphatic carbocycles. The van der Waals surface area contributed by atoms with Crippen molar-refractivity contribution < 1.29 is 9.59 Å². The van der Waals surface area contributed by atoms with Gasteiger partial charge >= 0.3 is 6.03 Å². The van der Waals surface area contributed by atoms with Crippen molar-refractivity contribution in [2.45, 2.75) is 6.54 Å². The van der Waals surface area contributed by atoms with E-state index in [0.29, 0.717) is 17.9 Å². The predicted molar refractivity (Wildman–Crippen MR) is 57.8 cm³/mol. The van der Waals surface area contributed by atoms with E-state index < -0.39 is 0 Å². The molecule has 0 heterocycles. The second kappa shape index (κ2) is 6.03. The summed E-state index contributed by atoms with van der Waals surface area (Å²) in [5.74, 6) is 0. The molecule has 1 aromatic carbocycles. The zero-order valence-corrected chi connectivity index (χ0v) is 8.75. The third kappa shape index (κ3) is 4.46. The summed E-state index contributed by atoms with van der Waals surface area (Å²) in [6.07, 6.45) is 0.624. The Labute approximate surface area is 92.6 Å². The van der Waals surface area contributed by atoms with E-state index in [9.17, 15) is 9.59 Å². The van der Waals surface area contributed by atoms with Gasteiger partial charge in [-0.15, -0.1) is 0 Å². The number of carbonyl (C=O) groups excluding carboxylic acids is 2. The van der Waals surface area contributed by atoms with Gasteiger partial charge in [-0.25, -0.2) is 4.79 Å². The van der Waals surface area contributed by atoms with Crippen LogP contribution in [0.1, 0.15) is 5.56 Å². The van der Waals surface area contributed by atoms with Crippen LogP contribution >= 0.6 is 11.6 Å². The molecule has 1 rings (SSSR count). The molecule has 0 atom stereocenters. The summed E-state index contributed by atoms with van der Waals surface area (Å²) in [5, 5.41) is 5.59. The molecule has 0 aliphatic rings.